The minimum Gasteiger partial charge on any atom is -0.479 e. The summed E-state index contributed by atoms with van der Waals surface area (Å²) in [6, 6.07) is -1.74. The summed E-state index contributed by atoms with van der Waals surface area (Å²) in [7, 11) is 1.51. The Morgan fingerprint density at radius 3 is 2.62 bits per heavy atom. The highest BCUT2D eigenvalue weighted by atomic mass is 16.6. The van der Waals surface area contributed by atoms with E-state index in [1.165, 1.54) is 12.0 Å². The van der Waals surface area contributed by atoms with Gasteiger partial charge in [-0.05, 0) is 46.5 Å². The maximum atomic E-state index is 13.6. The van der Waals surface area contributed by atoms with Crippen LogP contribution in [0.15, 0.2) is 12.2 Å². The number of nitrogens with one attached hydrogen (secondary N) is 2. The van der Waals surface area contributed by atoms with E-state index < -0.39 is 47.1 Å². The third-order valence-electron chi connectivity index (χ3n) is 6.65. The van der Waals surface area contributed by atoms with Crippen molar-refractivity contribution < 1.29 is 33.8 Å². The highest BCUT2D eigenvalue weighted by Gasteiger charge is 2.61. The molecule has 0 bridgehead atoms. The van der Waals surface area contributed by atoms with Crippen molar-refractivity contribution in [2.24, 2.45) is 5.92 Å². The fourth-order valence-corrected chi connectivity index (χ4v) is 4.68. The van der Waals surface area contributed by atoms with Crippen LogP contribution in [0.1, 0.15) is 65.7 Å². The van der Waals surface area contributed by atoms with E-state index in [1.54, 1.807) is 20.8 Å². The number of methoxy groups -OCH3 is 1. The predicted octanol–water partition coefficient (Wildman–Crippen LogP) is 1.98. The van der Waals surface area contributed by atoms with E-state index in [4.69, 9.17) is 9.47 Å². The van der Waals surface area contributed by atoms with Gasteiger partial charge in [0.1, 0.15) is 23.2 Å². The lowest BCUT2D eigenvalue weighted by Crippen LogP contribution is -2.56. The highest BCUT2D eigenvalue weighted by Crippen LogP contribution is 2.45. The summed E-state index contributed by atoms with van der Waals surface area (Å²) >= 11 is 0. The van der Waals surface area contributed by atoms with Crippen LogP contribution in [-0.2, 0) is 23.9 Å². The zero-order valence-corrected chi connectivity index (χ0v) is 20.5. The van der Waals surface area contributed by atoms with Gasteiger partial charge in [0.25, 0.3) is 0 Å². The number of carboxylic acid groups (broad SMARTS) is 1. The van der Waals surface area contributed by atoms with Crippen molar-refractivity contribution in [2.45, 2.75) is 95.0 Å². The molecule has 2 aliphatic heterocycles. The second kappa shape index (κ2) is 10.3. The summed E-state index contributed by atoms with van der Waals surface area (Å²) in [5.74, 6) is -2.26. The normalized spacial score (nSPS) is 33.5. The fraction of sp³-hybridized carbons (Fsp3) is 0.750. The molecule has 5 atom stereocenters. The van der Waals surface area contributed by atoms with E-state index in [9.17, 15) is 24.3 Å². The quantitative estimate of drug-likeness (QED) is 0.527. The summed E-state index contributed by atoms with van der Waals surface area (Å²) in [6.07, 6.45) is 6.97. The fourth-order valence-electron chi connectivity index (χ4n) is 4.68. The van der Waals surface area contributed by atoms with Gasteiger partial charge < -0.3 is 30.1 Å². The number of fused-ring (bicyclic) bond motifs is 2. The highest BCUT2D eigenvalue weighted by molar-refractivity contribution is 5.96. The van der Waals surface area contributed by atoms with Crippen molar-refractivity contribution in [3.63, 3.8) is 0 Å². The van der Waals surface area contributed by atoms with Crippen LogP contribution in [0.2, 0.25) is 0 Å². The summed E-state index contributed by atoms with van der Waals surface area (Å²) in [4.78, 5) is 52.7. The molecular formula is C24H37N3O7. The third kappa shape index (κ3) is 6.08. The number of carbonyl (C=O) groups is 4. The molecule has 3 aliphatic rings. The molecule has 3 amide bonds. The Kier molecular flexibility index (Phi) is 7.90. The number of nitrogens with zero attached hydrogens (tertiary/aromatic N) is 1. The Bertz CT molecular complexity index is 837. The number of carboxylic acids is 1. The van der Waals surface area contributed by atoms with Crippen LogP contribution in [0, 0.1) is 5.92 Å². The number of alkyl carbamates (subject to hydrolysis) is 1. The summed E-state index contributed by atoms with van der Waals surface area (Å²) < 4.78 is 10.8. The molecule has 1 saturated carbocycles. The lowest BCUT2D eigenvalue weighted by Gasteiger charge is -2.30. The molecule has 10 nitrogen and oxygen atoms in total. The Balaban J connectivity index is 1.85. The first-order chi connectivity index (χ1) is 16.0. The van der Waals surface area contributed by atoms with Crippen molar-refractivity contribution in [1.29, 1.82) is 0 Å². The molecule has 0 radical (unpaired) electrons. The third-order valence-corrected chi connectivity index (χ3v) is 6.65. The molecule has 0 aromatic carbocycles. The van der Waals surface area contributed by atoms with E-state index in [0.717, 1.165) is 19.3 Å². The molecule has 0 aromatic heterocycles. The van der Waals surface area contributed by atoms with Crippen molar-refractivity contribution in [3.05, 3.63) is 12.2 Å². The molecule has 34 heavy (non-hydrogen) atoms. The molecule has 3 rings (SSSR count). The van der Waals surface area contributed by atoms with Gasteiger partial charge in [-0.1, -0.05) is 25.0 Å². The van der Waals surface area contributed by atoms with Gasteiger partial charge in [-0.3, -0.25) is 9.59 Å². The lowest BCUT2D eigenvalue weighted by molar-refractivity contribution is -0.145. The van der Waals surface area contributed by atoms with Gasteiger partial charge in [0.05, 0.1) is 6.10 Å². The Labute approximate surface area is 200 Å². The predicted molar refractivity (Wildman–Crippen MR) is 123 cm³/mol. The largest absolute Gasteiger partial charge is 0.479 e. The Hall–Kier alpha value is -2.62. The van der Waals surface area contributed by atoms with Crippen molar-refractivity contribution in [2.75, 3.05) is 13.7 Å². The van der Waals surface area contributed by atoms with E-state index in [2.05, 4.69) is 10.6 Å². The number of rotatable bonds is 3. The number of allylic oxidation sites excluding steroid dienone is 1. The van der Waals surface area contributed by atoms with E-state index >= 15 is 0 Å². The average Bonchev–Trinajstić information content (AvgIpc) is 3.26. The minimum atomic E-state index is -1.35. The Morgan fingerprint density at radius 1 is 1.24 bits per heavy atom. The summed E-state index contributed by atoms with van der Waals surface area (Å²) in [6.45, 7) is 5.41. The number of hydrogen-bond donors (Lipinski definition) is 3. The minimum absolute atomic E-state index is 0.184. The Morgan fingerprint density at radius 2 is 1.97 bits per heavy atom. The van der Waals surface area contributed by atoms with E-state index in [1.807, 2.05) is 12.2 Å². The molecule has 3 N–H and O–H groups in total. The van der Waals surface area contributed by atoms with Gasteiger partial charge in [0.15, 0.2) is 0 Å². The van der Waals surface area contributed by atoms with E-state index in [-0.39, 0.29) is 25.0 Å². The van der Waals surface area contributed by atoms with Crippen LogP contribution in [0.3, 0.4) is 0 Å². The molecule has 190 valence electrons. The molecule has 0 spiro atoms. The van der Waals surface area contributed by atoms with Crippen LogP contribution in [-0.4, -0.2) is 76.9 Å². The second-order valence-electron chi connectivity index (χ2n) is 10.4. The maximum absolute atomic E-state index is 13.6. The van der Waals surface area contributed by atoms with Crippen LogP contribution in [0.25, 0.3) is 0 Å². The molecule has 2 heterocycles. The SMILES string of the molecule is CO[C@@H]1C[C@H]2C(=O)N[C@]3(C(=O)O)C[C@H]3/C=C\CCCCC[C@H](NC(=O)OC(C)(C)C)C(=O)N2C1. The molecule has 0 aromatic rings. The van der Waals surface area contributed by atoms with Gasteiger partial charge in [-0.2, -0.15) is 0 Å². The van der Waals surface area contributed by atoms with Gasteiger partial charge in [0.2, 0.25) is 11.8 Å². The first kappa shape index (κ1) is 26.0. The topological polar surface area (TPSA) is 134 Å². The van der Waals surface area contributed by atoms with Crippen molar-refractivity contribution in [3.8, 4) is 0 Å². The monoisotopic (exact) mass is 479 g/mol. The molecular weight excluding hydrogens is 442 g/mol. The van der Waals surface area contributed by atoms with Crippen LogP contribution in [0.4, 0.5) is 4.79 Å². The zero-order valence-electron chi connectivity index (χ0n) is 20.5. The summed E-state index contributed by atoms with van der Waals surface area (Å²) in [5, 5.41) is 15.2. The number of amides is 3. The second-order valence-corrected chi connectivity index (χ2v) is 10.4. The van der Waals surface area contributed by atoms with Crippen LogP contribution < -0.4 is 10.6 Å². The number of carbonyl (C=O) groups excluding carboxylic acids is 3. The zero-order chi connectivity index (χ0) is 25.1. The molecule has 1 saturated heterocycles. The standard InChI is InChI=1S/C24H37N3O7/c1-23(2,3)34-22(32)25-17-11-9-7-5-6-8-10-15-13-24(15,21(30)31)26-19(28)18-12-16(33-4)14-27(18)20(17)29/h8,10,15-18H,5-7,9,11-14H2,1-4H3,(H,25,32)(H,26,28)(H,30,31)/b10-8-/t15-,16-,17+,18+,24-/m1/s1. The van der Waals surface area contributed by atoms with Crippen molar-refractivity contribution >= 4 is 23.9 Å². The van der Waals surface area contributed by atoms with Crippen LogP contribution >= 0.6 is 0 Å². The van der Waals surface area contributed by atoms with Crippen molar-refractivity contribution in [1.82, 2.24) is 15.5 Å². The van der Waals surface area contributed by atoms with E-state index in [0.29, 0.717) is 19.3 Å². The number of hydrogen-bond acceptors (Lipinski definition) is 6. The average molecular weight is 480 g/mol. The molecule has 2 fully saturated rings. The smallest absolute Gasteiger partial charge is 0.408 e. The maximum Gasteiger partial charge on any atom is 0.408 e. The number of aliphatic carboxylic acids is 1. The lowest BCUT2D eigenvalue weighted by atomic mass is 10.0. The molecule has 0 unspecified atom stereocenters. The summed E-state index contributed by atoms with van der Waals surface area (Å²) in [5.41, 5.74) is -2.07. The first-order valence-electron chi connectivity index (χ1n) is 12.0. The number of ether oxygens (including phenoxy) is 2. The van der Waals surface area contributed by atoms with Gasteiger partial charge >= 0.3 is 12.1 Å². The van der Waals surface area contributed by atoms with Crippen LogP contribution in [0.5, 0.6) is 0 Å². The van der Waals surface area contributed by atoms with Gasteiger partial charge in [-0.15, -0.1) is 0 Å². The van der Waals surface area contributed by atoms with Gasteiger partial charge in [-0.25, -0.2) is 9.59 Å². The first-order valence-corrected chi connectivity index (χ1v) is 12.0. The molecule has 10 heteroatoms. The van der Waals surface area contributed by atoms with Gasteiger partial charge in [0, 0.05) is 26.0 Å². The molecule has 1 aliphatic carbocycles.